The highest BCUT2D eigenvalue weighted by Crippen LogP contribution is 2.35. The summed E-state index contributed by atoms with van der Waals surface area (Å²) < 4.78 is 0. The Hall–Kier alpha value is -2.35. The summed E-state index contributed by atoms with van der Waals surface area (Å²) in [7, 11) is 0. The summed E-state index contributed by atoms with van der Waals surface area (Å²) in [6.45, 7) is 7.98. The minimum atomic E-state index is -0.891. The average Bonchev–Trinajstić information content (AvgIpc) is 2.50. The molecule has 1 aromatic carbocycles. The molecule has 1 aromatic rings. The van der Waals surface area contributed by atoms with E-state index in [0.717, 1.165) is 16.8 Å². The summed E-state index contributed by atoms with van der Waals surface area (Å²) in [5.41, 5.74) is 1.98. The Morgan fingerprint density at radius 3 is 2.26 bits per heavy atom. The number of benzene rings is 1. The standard InChI is InChI=1S/C18H23N3O2/c1-13-5-6-17(14(2)11-13)21(16(4)23)18(12-19)7-9-20(10-8-18)15(3)22/h5-6,11H,7-10H2,1-4H3. The van der Waals surface area contributed by atoms with Gasteiger partial charge in [0.1, 0.15) is 5.54 Å². The van der Waals surface area contributed by atoms with Gasteiger partial charge in [0, 0.05) is 45.5 Å². The van der Waals surface area contributed by atoms with Gasteiger partial charge in [-0.05, 0) is 25.5 Å². The first-order valence-corrected chi connectivity index (χ1v) is 7.85. The van der Waals surface area contributed by atoms with Crippen LogP contribution < -0.4 is 4.90 Å². The largest absolute Gasteiger partial charge is 0.343 e. The van der Waals surface area contributed by atoms with Crippen molar-refractivity contribution in [3.05, 3.63) is 29.3 Å². The maximum atomic E-state index is 12.4. The second-order valence-electron chi connectivity index (χ2n) is 6.29. The zero-order valence-electron chi connectivity index (χ0n) is 14.2. The molecule has 0 radical (unpaired) electrons. The number of hydrogen-bond acceptors (Lipinski definition) is 3. The van der Waals surface area contributed by atoms with Crippen molar-refractivity contribution in [3.63, 3.8) is 0 Å². The van der Waals surface area contributed by atoms with E-state index in [9.17, 15) is 14.9 Å². The van der Waals surface area contributed by atoms with Crippen LogP contribution in [0.2, 0.25) is 0 Å². The lowest BCUT2D eigenvalue weighted by Crippen LogP contribution is -2.57. The fraction of sp³-hybridized carbons (Fsp3) is 0.500. The third-order valence-electron chi connectivity index (χ3n) is 4.58. The summed E-state index contributed by atoms with van der Waals surface area (Å²) in [6.07, 6.45) is 0.936. The molecule has 1 heterocycles. The van der Waals surface area contributed by atoms with Crippen molar-refractivity contribution in [1.29, 1.82) is 5.26 Å². The van der Waals surface area contributed by atoms with E-state index in [1.165, 1.54) is 13.8 Å². The molecule has 5 nitrogen and oxygen atoms in total. The van der Waals surface area contributed by atoms with E-state index in [2.05, 4.69) is 6.07 Å². The van der Waals surface area contributed by atoms with Crippen molar-refractivity contribution in [2.75, 3.05) is 18.0 Å². The van der Waals surface area contributed by atoms with Gasteiger partial charge in [0.15, 0.2) is 0 Å². The van der Waals surface area contributed by atoms with E-state index < -0.39 is 5.54 Å². The predicted molar refractivity (Wildman–Crippen MR) is 88.9 cm³/mol. The number of nitrogens with zero attached hydrogens (tertiary/aromatic N) is 3. The number of carbonyl (C=O) groups is 2. The molecule has 0 unspecified atom stereocenters. The second kappa shape index (κ2) is 6.41. The monoisotopic (exact) mass is 313 g/mol. The molecule has 2 amide bonds. The molecular formula is C18H23N3O2. The van der Waals surface area contributed by atoms with Gasteiger partial charge in [0.2, 0.25) is 11.8 Å². The van der Waals surface area contributed by atoms with Crippen LogP contribution in [-0.4, -0.2) is 35.3 Å². The molecule has 23 heavy (non-hydrogen) atoms. The lowest BCUT2D eigenvalue weighted by Gasteiger charge is -2.44. The molecule has 0 aliphatic carbocycles. The van der Waals surface area contributed by atoms with Crippen LogP contribution in [-0.2, 0) is 9.59 Å². The Kier molecular flexibility index (Phi) is 4.74. The summed E-state index contributed by atoms with van der Waals surface area (Å²) in [4.78, 5) is 27.2. The molecule has 0 saturated carbocycles. The maximum Gasteiger partial charge on any atom is 0.225 e. The van der Waals surface area contributed by atoms with E-state index in [1.54, 1.807) is 9.80 Å². The van der Waals surface area contributed by atoms with E-state index in [-0.39, 0.29) is 11.8 Å². The van der Waals surface area contributed by atoms with Gasteiger partial charge in [-0.3, -0.25) is 14.5 Å². The van der Waals surface area contributed by atoms with Gasteiger partial charge < -0.3 is 4.90 Å². The van der Waals surface area contributed by atoms with Gasteiger partial charge in [-0.1, -0.05) is 17.7 Å². The van der Waals surface area contributed by atoms with Crippen molar-refractivity contribution in [1.82, 2.24) is 4.90 Å². The van der Waals surface area contributed by atoms with Crippen molar-refractivity contribution in [3.8, 4) is 6.07 Å². The SMILES string of the molecule is CC(=O)N1CCC(C#N)(N(C(C)=O)c2ccc(C)cc2C)CC1. The third kappa shape index (κ3) is 3.21. The van der Waals surface area contributed by atoms with Crippen LogP contribution in [0.5, 0.6) is 0 Å². The van der Waals surface area contributed by atoms with E-state index >= 15 is 0 Å². The minimum Gasteiger partial charge on any atom is -0.343 e. The van der Waals surface area contributed by atoms with Gasteiger partial charge in [0.05, 0.1) is 6.07 Å². The highest BCUT2D eigenvalue weighted by atomic mass is 16.2. The number of amides is 2. The molecule has 0 spiro atoms. The van der Waals surface area contributed by atoms with Gasteiger partial charge >= 0.3 is 0 Å². The summed E-state index contributed by atoms with van der Waals surface area (Å²) >= 11 is 0. The van der Waals surface area contributed by atoms with Crippen molar-refractivity contribution in [2.24, 2.45) is 0 Å². The summed E-state index contributed by atoms with van der Waals surface area (Å²) in [6, 6.07) is 8.24. The topological polar surface area (TPSA) is 64.4 Å². The quantitative estimate of drug-likeness (QED) is 0.843. The van der Waals surface area contributed by atoms with Crippen molar-refractivity contribution in [2.45, 2.75) is 46.1 Å². The number of aryl methyl sites for hydroxylation is 2. The number of likely N-dealkylation sites (tertiary alicyclic amines) is 1. The molecule has 0 atom stereocenters. The summed E-state index contributed by atoms with van der Waals surface area (Å²) in [5, 5.41) is 9.85. The number of rotatable bonds is 2. The Labute approximate surface area is 137 Å². The van der Waals surface area contributed by atoms with Crippen molar-refractivity contribution >= 4 is 17.5 Å². The van der Waals surface area contributed by atoms with Crippen LogP contribution in [0, 0.1) is 25.2 Å². The van der Waals surface area contributed by atoms with Crippen molar-refractivity contribution < 1.29 is 9.59 Å². The normalized spacial score (nSPS) is 16.6. The van der Waals surface area contributed by atoms with E-state index in [4.69, 9.17) is 0 Å². The smallest absolute Gasteiger partial charge is 0.225 e. The lowest BCUT2D eigenvalue weighted by atomic mass is 9.85. The summed E-state index contributed by atoms with van der Waals surface area (Å²) in [5.74, 6) is -0.132. The highest BCUT2D eigenvalue weighted by Gasteiger charge is 2.43. The molecule has 0 bridgehead atoms. The molecule has 1 aliphatic rings. The molecule has 1 fully saturated rings. The Balaban J connectivity index is 2.42. The molecular weight excluding hydrogens is 290 g/mol. The minimum absolute atomic E-state index is 0.0115. The molecule has 0 N–H and O–H groups in total. The average molecular weight is 313 g/mol. The third-order valence-corrected chi connectivity index (χ3v) is 4.58. The highest BCUT2D eigenvalue weighted by molar-refractivity contribution is 5.94. The van der Waals surface area contributed by atoms with Gasteiger partial charge in [0.25, 0.3) is 0 Å². The Morgan fingerprint density at radius 1 is 1.22 bits per heavy atom. The number of piperidine rings is 1. The van der Waals surface area contributed by atoms with E-state index in [0.29, 0.717) is 25.9 Å². The second-order valence-corrected chi connectivity index (χ2v) is 6.29. The molecule has 122 valence electrons. The number of anilines is 1. The van der Waals surface area contributed by atoms with Crippen LogP contribution >= 0.6 is 0 Å². The van der Waals surface area contributed by atoms with Crippen LogP contribution in [0.1, 0.15) is 37.8 Å². The van der Waals surface area contributed by atoms with Crippen LogP contribution in [0.4, 0.5) is 5.69 Å². The number of carbonyl (C=O) groups excluding carboxylic acids is 2. The Morgan fingerprint density at radius 2 is 1.83 bits per heavy atom. The number of hydrogen-bond donors (Lipinski definition) is 0. The zero-order chi connectivity index (χ0) is 17.2. The fourth-order valence-corrected chi connectivity index (χ4v) is 3.33. The first-order valence-electron chi connectivity index (χ1n) is 7.85. The first-order chi connectivity index (χ1) is 10.8. The Bertz CT molecular complexity index is 667. The fourth-order valence-electron chi connectivity index (χ4n) is 3.33. The lowest BCUT2D eigenvalue weighted by molar-refractivity contribution is -0.130. The predicted octanol–water partition coefficient (Wildman–Crippen LogP) is 2.56. The van der Waals surface area contributed by atoms with Gasteiger partial charge in [-0.15, -0.1) is 0 Å². The maximum absolute atomic E-state index is 12.4. The van der Waals surface area contributed by atoms with E-state index in [1.807, 2.05) is 32.0 Å². The molecule has 1 aliphatic heterocycles. The van der Waals surface area contributed by atoms with Crippen LogP contribution in [0.25, 0.3) is 0 Å². The first kappa shape index (κ1) is 17.0. The number of nitriles is 1. The van der Waals surface area contributed by atoms with Crippen LogP contribution in [0.15, 0.2) is 18.2 Å². The molecule has 2 rings (SSSR count). The zero-order valence-corrected chi connectivity index (χ0v) is 14.2. The van der Waals surface area contributed by atoms with Gasteiger partial charge in [-0.25, -0.2) is 0 Å². The molecule has 0 aromatic heterocycles. The molecule has 1 saturated heterocycles. The van der Waals surface area contributed by atoms with Gasteiger partial charge in [-0.2, -0.15) is 5.26 Å². The molecule has 5 heteroatoms. The van der Waals surface area contributed by atoms with Crippen LogP contribution in [0.3, 0.4) is 0 Å².